The Hall–Kier alpha value is -4.83. The standard InChI is InChI=1S/C50H54O12/c1-34(51)53-32-40-42(54-28-35-18-8-3-9-19-35)44(55-29-36-20-10-4-11-21-36)46(57-31-38-24-14-6-15-25-38)50(60-40)62-47-45(56-30-37-22-12-5-13-23-37)43-41(59-49(47)52-2)33-58-48(61-43)39-26-16-7-17-27-39/h3-27,40-50H,28-33H2,1-2H3/t40-,41-,42+,43-,44+,45+,46-,47-,48-,49+,50-/m1/s1. The number of rotatable bonds is 18. The van der Waals surface area contributed by atoms with Crippen LogP contribution < -0.4 is 0 Å². The van der Waals surface area contributed by atoms with Crippen LogP contribution in [0, 0.1) is 0 Å². The summed E-state index contributed by atoms with van der Waals surface area (Å²) >= 11 is 0. The van der Waals surface area contributed by atoms with Gasteiger partial charge >= 0.3 is 5.97 Å². The third-order valence-electron chi connectivity index (χ3n) is 11.1. The van der Waals surface area contributed by atoms with Gasteiger partial charge in [-0.25, -0.2) is 0 Å². The van der Waals surface area contributed by atoms with E-state index in [4.69, 9.17) is 52.1 Å². The highest BCUT2D eigenvalue weighted by Crippen LogP contribution is 2.39. The molecule has 0 unspecified atom stereocenters. The minimum absolute atomic E-state index is 0.141. The highest BCUT2D eigenvalue weighted by atomic mass is 16.8. The molecule has 3 heterocycles. The molecule has 0 amide bonds. The number of carbonyl (C=O) groups is 1. The van der Waals surface area contributed by atoms with Gasteiger partial charge in [-0.05, 0) is 22.3 Å². The van der Waals surface area contributed by atoms with Crippen LogP contribution in [0.25, 0.3) is 0 Å². The van der Waals surface area contributed by atoms with E-state index in [9.17, 15) is 4.79 Å². The fraction of sp³-hybridized carbons (Fsp3) is 0.380. The molecule has 5 aromatic rings. The molecule has 8 rings (SSSR count). The Labute approximate surface area is 362 Å². The monoisotopic (exact) mass is 846 g/mol. The maximum atomic E-state index is 12.4. The molecular formula is C50H54O12. The lowest BCUT2D eigenvalue weighted by Crippen LogP contribution is -2.67. The van der Waals surface area contributed by atoms with Crippen LogP contribution >= 0.6 is 0 Å². The van der Waals surface area contributed by atoms with Gasteiger partial charge in [0.1, 0.15) is 55.4 Å². The number of methoxy groups -OCH3 is 1. The van der Waals surface area contributed by atoms with Crippen molar-refractivity contribution in [1.82, 2.24) is 0 Å². The van der Waals surface area contributed by atoms with Crippen molar-refractivity contribution in [1.29, 1.82) is 0 Å². The van der Waals surface area contributed by atoms with E-state index in [2.05, 4.69) is 0 Å². The van der Waals surface area contributed by atoms with Crippen LogP contribution in [0.2, 0.25) is 0 Å². The number of fused-ring (bicyclic) bond motifs is 1. The predicted octanol–water partition coefficient (Wildman–Crippen LogP) is 7.49. The van der Waals surface area contributed by atoms with E-state index in [1.165, 1.54) is 6.92 Å². The largest absolute Gasteiger partial charge is 0.463 e. The predicted molar refractivity (Wildman–Crippen MR) is 226 cm³/mol. The van der Waals surface area contributed by atoms with E-state index in [1.807, 2.05) is 152 Å². The number of benzene rings is 5. The summed E-state index contributed by atoms with van der Waals surface area (Å²) in [5.41, 5.74) is 4.64. The molecule has 5 aromatic carbocycles. The average Bonchev–Trinajstić information content (AvgIpc) is 3.32. The van der Waals surface area contributed by atoms with Crippen LogP contribution in [0.5, 0.6) is 0 Å². The van der Waals surface area contributed by atoms with Crippen molar-refractivity contribution in [3.63, 3.8) is 0 Å². The Morgan fingerprint density at radius 2 is 1.00 bits per heavy atom. The van der Waals surface area contributed by atoms with Gasteiger partial charge in [0.15, 0.2) is 18.9 Å². The van der Waals surface area contributed by atoms with Crippen LogP contribution in [0.1, 0.15) is 41.0 Å². The molecule has 0 radical (unpaired) electrons. The highest BCUT2D eigenvalue weighted by molar-refractivity contribution is 5.65. The first-order valence-corrected chi connectivity index (χ1v) is 21.1. The zero-order valence-electron chi connectivity index (χ0n) is 34.9. The first kappa shape index (κ1) is 43.8. The van der Waals surface area contributed by atoms with Gasteiger partial charge < -0.3 is 52.1 Å². The van der Waals surface area contributed by atoms with Gasteiger partial charge in [-0.3, -0.25) is 4.79 Å². The Kier molecular flexibility index (Phi) is 15.5. The van der Waals surface area contributed by atoms with Crippen molar-refractivity contribution in [2.24, 2.45) is 0 Å². The summed E-state index contributed by atoms with van der Waals surface area (Å²) in [7, 11) is 1.56. The topological polar surface area (TPSA) is 119 Å². The highest BCUT2D eigenvalue weighted by Gasteiger charge is 2.56. The first-order chi connectivity index (χ1) is 30.5. The van der Waals surface area contributed by atoms with Crippen molar-refractivity contribution in [3.05, 3.63) is 179 Å². The fourth-order valence-corrected chi connectivity index (χ4v) is 7.96. The molecular weight excluding hydrogens is 793 g/mol. The van der Waals surface area contributed by atoms with Gasteiger partial charge in [-0.1, -0.05) is 152 Å². The molecule has 11 atom stereocenters. The van der Waals surface area contributed by atoms with Crippen molar-refractivity contribution < 1.29 is 56.9 Å². The lowest BCUT2D eigenvalue weighted by atomic mass is 9.95. The minimum Gasteiger partial charge on any atom is -0.463 e. The Morgan fingerprint density at radius 3 is 1.50 bits per heavy atom. The molecule has 12 nitrogen and oxygen atoms in total. The molecule has 0 spiro atoms. The maximum Gasteiger partial charge on any atom is 0.302 e. The van der Waals surface area contributed by atoms with Crippen LogP contribution in [0.3, 0.4) is 0 Å². The normalized spacial score (nSPS) is 28.5. The van der Waals surface area contributed by atoms with E-state index in [1.54, 1.807) is 7.11 Å². The molecule has 0 aliphatic carbocycles. The molecule has 0 saturated carbocycles. The smallest absolute Gasteiger partial charge is 0.302 e. The van der Waals surface area contributed by atoms with Gasteiger partial charge in [-0.15, -0.1) is 0 Å². The average molecular weight is 847 g/mol. The quantitative estimate of drug-likeness (QED) is 0.0814. The molecule has 3 aliphatic rings. The zero-order chi connectivity index (χ0) is 42.5. The van der Waals surface area contributed by atoms with Gasteiger partial charge in [0, 0.05) is 19.6 Å². The van der Waals surface area contributed by atoms with E-state index in [-0.39, 0.29) is 39.6 Å². The van der Waals surface area contributed by atoms with Gasteiger partial charge in [0.2, 0.25) is 0 Å². The SMILES string of the molecule is CO[C@H]1O[C@@H]2CO[C@@H](c3ccccc3)O[C@H]2[C@H](OCc2ccccc2)[C@H]1O[C@H]1O[C@H](COC(C)=O)[C@H](OCc2ccccc2)[C@H](OCc2ccccc2)[C@H]1OCc1ccccc1. The lowest BCUT2D eigenvalue weighted by molar-refractivity contribution is -0.399. The molecule has 0 N–H and O–H groups in total. The lowest BCUT2D eigenvalue weighted by Gasteiger charge is -2.51. The molecule has 3 aliphatic heterocycles. The minimum atomic E-state index is -1.15. The van der Waals surface area contributed by atoms with Gasteiger partial charge in [0.05, 0.1) is 33.0 Å². The summed E-state index contributed by atoms with van der Waals surface area (Å²) in [6, 6.07) is 49.2. The van der Waals surface area contributed by atoms with E-state index < -0.39 is 73.7 Å². The molecule has 0 aromatic heterocycles. The second-order valence-corrected chi connectivity index (χ2v) is 15.4. The summed E-state index contributed by atoms with van der Waals surface area (Å²) in [4.78, 5) is 12.4. The summed E-state index contributed by atoms with van der Waals surface area (Å²) < 4.78 is 72.5. The number of ether oxygens (including phenoxy) is 11. The maximum absolute atomic E-state index is 12.4. The molecule has 3 fully saturated rings. The zero-order valence-corrected chi connectivity index (χ0v) is 34.9. The molecule has 0 bridgehead atoms. The van der Waals surface area contributed by atoms with Crippen LogP contribution in [-0.4, -0.2) is 87.7 Å². The molecule has 12 heteroatoms. The molecule has 3 saturated heterocycles. The second kappa shape index (κ2) is 22.0. The van der Waals surface area contributed by atoms with Crippen LogP contribution in [0.4, 0.5) is 0 Å². The molecule has 62 heavy (non-hydrogen) atoms. The summed E-state index contributed by atoms with van der Waals surface area (Å²) in [5.74, 6) is -0.470. The third kappa shape index (κ3) is 11.4. The fourth-order valence-electron chi connectivity index (χ4n) is 7.96. The van der Waals surface area contributed by atoms with Crippen molar-refractivity contribution in [2.45, 2.75) is 101 Å². The van der Waals surface area contributed by atoms with Crippen molar-refractivity contribution >= 4 is 5.97 Å². The summed E-state index contributed by atoms with van der Waals surface area (Å²) in [6.45, 7) is 2.35. The Morgan fingerprint density at radius 1 is 0.532 bits per heavy atom. The van der Waals surface area contributed by atoms with E-state index in [0.717, 1.165) is 27.8 Å². The van der Waals surface area contributed by atoms with Crippen molar-refractivity contribution in [3.8, 4) is 0 Å². The van der Waals surface area contributed by atoms with Crippen LogP contribution in [0.15, 0.2) is 152 Å². The van der Waals surface area contributed by atoms with Gasteiger partial charge in [-0.2, -0.15) is 0 Å². The summed E-state index contributed by atoms with van der Waals surface area (Å²) in [6.07, 6.45) is -8.98. The number of carbonyl (C=O) groups excluding carboxylic acids is 1. The van der Waals surface area contributed by atoms with E-state index >= 15 is 0 Å². The van der Waals surface area contributed by atoms with E-state index in [0.29, 0.717) is 0 Å². The first-order valence-electron chi connectivity index (χ1n) is 21.1. The molecule has 326 valence electrons. The Bertz CT molecular complexity index is 2060. The summed E-state index contributed by atoms with van der Waals surface area (Å²) in [5, 5.41) is 0. The number of esters is 1. The van der Waals surface area contributed by atoms with Crippen molar-refractivity contribution in [2.75, 3.05) is 20.3 Å². The van der Waals surface area contributed by atoms with Crippen LogP contribution in [-0.2, 0) is 83.3 Å². The second-order valence-electron chi connectivity index (χ2n) is 15.4. The number of hydrogen-bond donors (Lipinski definition) is 0. The van der Waals surface area contributed by atoms with Gasteiger partial charge in [0.25, 0.3) is 0 Å². The Balaban J connectivity index is 1.16. The number of hydrogen-bond acceptors (Lipinski definition) is 12. The third-order valence-corrected chi connectivity index (χ3v) is 11.1.